The molecular formula is C19H25NO. The maximum absolute atomic E-state index is 9.13. The van der Waals surface area contributed by atoms with Crippen LogP contribution in [0.25, 0.3) is 0 Å². The van der Waals surface area contributed by atoms with Gasteiger partial charge in [-0.3, -0.25) is 0 Å². The van der Waals surface area contributed by atoms with Gasteiger partial charge in [-0.05, 0) is 24.0 Å². The first kappa shape index (κ1) is 15.7. The van der Waals surface area contributed by atoms with Crippen LogP contribution in [0.2, 0.25) is 0 Å². The standard InChI is InChI=1S/C19H25NO/c1-2-18(13-14-21)20-15-19(16-9-5-3-6-10-16)17-11-7-4-8-12-17/h3-12,18-21H,2,13-15H2,1H3. The molecule has 0 aromatic heterocycles. The predicted molar refractivity (Wildman–Crippen MR) is 88.5 cm³/mol. The Morgan fingerprint density at radius 1 is 0.905 bits per heavy atom. The van der Waals surface area contributed by atoms with Crippen LogP contribution < -0.4 is 5.32 Å². The zero-order valence-corrected chi connectivity index (χ0v) is 12.7. The van der Waals surface area contributed by atoms with Crippen molar-refractivity contribution in [2.45, 2.75) is 31.7 Å². The Balaban J connectivity index is 2.13. The zero-order chi connectivity index (χ0) is 14.9. The molecule has 0 spiro atoms. The van der Waals surface area contributed by atoms with E-state index >= 15 is 0 Å². The van der Waals surface area contributed by atoms with E-state index in [2.05, 4.69) is 72.9 Å². The monoisotopic (exact) mass is 283 g/mol. The minimum absolute atomic E-state index is 0.243. The molecule has 21 heavy (non-hydrogen) atoms. The second kappa shape index (κ2) is 8.60. The molecule has 0 radical (unpaired) electrons. The Morgan fingerprint density at radius 2 is 1.43 bits per heavy atom. The number of aliphatic hydroxyl groups is 1. The smallest absolute Gasteiger partial charge is 0.0445 e. The lowest BCUT2D eigenvalue weighted by molar-refractivity contribution is 0.262. The van der Waals surface area contributed by atoms with Crippen LogP contribution in [0.1, 0.15) is 36.8 Å². The van der Waals surface area contributed by atoms with Gasteiger partial charge in [0.15, 0.2) is 0 Å². The summed E-state index contributed by atoms with van der Waals surface area (Å²) in [5.41, 5.74) is 2.66. The molecule has 0 fully saturated rings. The van der Waals surface area contributed by atoms with Gasteiger partial charge < -0.3 is 10.4 Å². The highest BCUT2D eigenvalue weighted by Crippen LogP contribution is 2.24. The molecule has 2 nitrogen and oxygen atoms in total. The summed E-state index contributed by atoms with van der Waals surface area (Å²) < 4.78 is 0. The lowest BCUT2D eigenvalue weighted by atomic mass is 9.91. The molecule has 0 bridgehead atoms. The molecule has 2 aromatic rings. The Hall–Kier alpha value is -1.64. The van der Waals surface area contributed by atoms with Gasteiger partial charge in [0.1, 0.15) is 0 Å². The fourth-order valence-electron chi connectivity index (χ4n) is 2.69. The van der Waals surface area contributed by atoms with Gasteiger partial charge in [-0.2, -0.15) is 0 Å². The lowest BCUT2D eigenvalue weighted by Crippen LogP contribution is -2.33. The minimum Gasteiger partial charge on any atom is -0.396 e. The van der Waals surface area contributed by atoms with Gasteiger partial charge in [-0.1, -0.05) is 67.6 Å². The van der Waals surface area contributed by atoms with E-state index in [1.165, 1.54) is 11.1 Å². The van der Waals surface area contributed by atoms with E-state index in [0.717, 1.165) is 19.4 Å². The van der Waals surface area contributed by atoms with Crippen molar-refractivity contribution in [3.05, 3.63) is 71.8 Å². The molecule has 2 heteroatoms. The summed E-state index contributed by atoms with van der Waals surface area (Å²) in [4.78, 5) is 0. The molecular weight excluding hydrogens is 258 g/mol. The van der Waals surface area contributed by atoms with E-state index in [9.17, 15) is 0 Å². The van der Waals surface area contributed by atoms with Crippen LogP contribution in [0.4, 0.5) is 0 Å². The normalized spacial score (nSPS) is 12.5. The molecule has 0 heterocycles. The van der Waals surface area contributed by atoms with Gasteiger partial charge in [-0.15, -0.1) is 0 Å². The number of hydrogen-bond acceptors (Lipinski definition) is 2. The fourth-order valence-corrected chi connectivity index (χ4v) is 2.69. The largest absolute Gasteiger partial charge is 0.396 e. The molecule has 2 N–H and O–H groups in total. The second-order valence-electron chi connectivity index (χ2n) is 5.40. The van der Waals surface area contributed by atoms with Gasteiger partial charge in [0.2, 0.25) is 0 Å². The van der Waals surface area contributed by atoms with E-state index in [4.69, 9.17) is 5.11 Å². The maximum atomic E-state index is 9.13. The lowest BCUT2D eigenvalue weighted by Gasteiger charge is -2.23. The fraction of sp³-hybridized carbons (Fsp3) is 0.368. The van der Waals surface area contributed by atoms with Crippen LogP contribution in [0.5, 0.6) is 0 Å². The zero-order valence-electron chi connectivity index (χ0n) is 12.7. The summed E-state index contributed by atoms with van der Waals surface area (Å²) in [5.74, 6) is 0.347. The summed E-state index contributed by atoms with van der Waals surface area (Å²) in [6.45, 7) is 3.30. The van der Waals surface area contributed by atoms with Gasteiger partial charge >= 0.3 is 0 Å². The number of hydrogen-bond donors (Lipinski definition) is 2. The summed E-state index contributed by atoms with van der Waals surface area (Å²) in [7, 11) is 0. The topological polar surface area (TPSA) is 32.3 Å². The summed E-state index contributed by atoms with van der Waals surface area (Å²) in [6.07, 6.45) is 1.85. The van der Waals surface area contributed by atoms with Crippen LogP contribution in [-0.2, 0) is 0 Å². The number of benzene rings is 2. The average Bonchev–Trinajstić information content (AvgIpc) is 2.56. The van der Waals surface area contributed by atoms with Crippen molar-refractivity contribution < 1.29 is 5.11 Å². The van der Waals surface area contributed by atoms with Crippen molar-refractivity contribution in [1.29, 1.82) is 0 Å². The minimum atomic E-state index is 0.243. The Labute approximate surface area is 127 Å². The number of rotatable bonds is 8. The first-order valence-electron chi connectivity index (χ1n) is 7.79. The number of aliphatic hydroxyl groups excluding tert-OH is 1. The molecule has 0 aliphatic rings. The van der Waals surface area contributed by atoms with Crippen molar-refractivity contribution in [2.24, 2.45) is 0 Å². The van der Waals surface area contributed by atoms with Crippen LogP contribution in [0.15, 0.2) is 60.7 Å². The Bertz CT molecular complexity index is 458. The SMILES string of the molecule is CCC(CCO)NCC(c1ccccc1)c1ccccc1. The van der Waals surface area contributed by atoms with Gasteiger partial charge in [0.25, 0.3) is 0 Å². The first-order chi connectivity index (χ1) is 10.3. The molecule has 1 atom stereocenters. The molecule has 112 valence electrons. The van der Waals surface area contributed by atoms with Gasteiger partial charge in [0, 0.05) is 25.1 Å². The van der Waals surface area contributed by atoms with Crippen molar-refractivity contribution >= 4 is 0 Å². The van der Waals surface area contributed by atoms with Gasteiger partial charge in [-0.25, -0.2) is 0 Å². The molecule has 0 aliphatic carbocycles. The van der Waals surface area contributed by atoms with E-state index < -0.39 is 0 Å². The Morgan fingerprint density at radius 3 is 1.86 bits per heavy atom. The summed E-state index contributed by atoms with van der Waals surface area (Å²) in [6, 6.07) is 21.6. The third-order valence-electron chi connectivity index (χ3n) is 3.98. The van der Waals surface area contributed by atoms with E-state index in [0.29, 0.717) is 12.0 Å². The highest BCUT2D eigenvalue weighted by molar-refractivity contribution is 5.32. The van der Waals surface area contributed by atoms with Crippen molar-refractivity contribution in [3.8, 4) is 0 Å². The molecule has 2 rings (SSSR count). The average molecular weight is 283 g/mol. The maximum Gasteiger partial charge on any atom is 0.0445 e. The van der Waals surface area contributed by atoms with Crippen LogP contribution in [-0.4, -0.2) is 24.3 Å². The van der Waals surface area contributed by atoms with Crippen LogP contribution >= 0.6 is 0 Å². The summed E-state index contributed by atoms with van der Waals surface area (Å²) >= 11 is 0. The van der Waals surface area contributed by atoms with E-state index in [1.807, 2.05) is 0 Å². The molecule has 1 unspecified atom stereocenters. The highest BCUT2D eigenvalue weighted by Gasteiger charge is 2.15. The third-order valence-corrected chi connectivity index (χ3v) is 3.98. The van der Waals surface area contributed by atoms with Gasteiger partial charge in [0.05, 0.1) is 0 Å². The van der Waals surface area contributed by atoms with E-state index in [1.54, 1.807) is 0 Å². The quantitative estimate of drug-likeness (QED) is 0.776. The van der Waals surface area contributed by atoms with Crippen molar-refractivity contribution in [2.75, 3.05) is 13.2 Å². The molecule has 2 aromatic carbocycles. The Kier molecular flexibility index (Phi) is 6.45. The molecule has 0 amide bonds. The number of nitrogens with one attached hydrogen (secondary N) is 1. The van der Waals surface area contributed by atoms with Crippen LogP contribution in [0, 0.1) is 0 Å². The molecule has 0 saturated heterocycles. The van der Waals surface area contributed by atoms with Crippen molar-refractivity contribution in [3.63, 3.8) is 0 Å². The molecule has 0 aliphatic heterocycles. The first-order valence-corrected chi connectivity index (χ1v) is 7.79. The molecule has 0 saturated carbocycles. The van der Waals surface area contributed by atoms with Crippen molar-refractivity contribution in [1.82, 2.24) is 5.32 Å². The van der Waals surface area contributed by atoms with E-state index in [-0.39, 0.29) is 6.61 Å². The third kappa shape index (κ3) is 4.69. The summed E-state index contributed by atoms with van der Waals surface area (Å²) in [5, 5.41) is 12.7. The highest BCUT2D eigenvalue weighted by atomic mass is 16.3. The van der Waals surface area contributed by atoms with Crippen LogP contribution in [0.3, 0.4) is 0 Å². The predicted octanol–water partition coefficient (Wildman–Crippen LogP) is 3.57. The second-order valence-corrected chi connectivity index (χ2v) is 5.40.